The molecule has 0 saturated carbocycles. The third-order valence-corrected chi connectivity index (χ3v) is 7.75. The van der Waals surface area contributed by atoms with E-state index in [-0.39, 0.29) is 19.3 Å². The van der Waals surface area contributed by atoms with Crippen molar-refractivity contribution >= 4 is 56.9 Å². The molecule has 1 unspecified atom stereocenters. The van der Waals surface area contributed by atoms with Gasteiger partial charge in [0.05, 0.1) is 12.8 Å². The Bertz CT molecular complexity index is 1630. The molecule has 206 valence electrons. The Kier molecular flexibility index (Phi) is 8.94. The number of carbonyl (C=O) groups is 3. The fraction of sp³-hybridized carbons (Fsp3) is 0.147. The lowest BCUT2D eigenvalue weighted by Gasteiger charge is -2.30. The summed E-state index contributed by atoms with van der Waals surface area (Å²) in [5.74, 6) is -1.25. The molecule has 0 spiro atoms. The van der Waals surface area contributed by atoms with Gasteiger partial charge < -0.3 is 10.3 Å². The van der Waals surface area contributed by atoms with Gasteiger partial charge in [0, 0.05) is 32.8 Å². The maximum absolute atomic E-state index is 14.1. The lowest BCUT2D eigenvalue weighted by molar-refractivity contribution is -0.150. The van der Waals surface area contributed by atoms with Gasteiger partial charge in [-0.15, -0.1) is 0 Å². The maximum atomic E-state index is 14.1. The second-order valence-electron chi connectivity index (χ2n) is 10.0. The van der Waals surface area contributed by atoms with Crippen LogP contribution in [0.4, 0.5) is 5.69 Å². The van der Waals surface area contributed by atoms with Gasteiger partial charge in [-0.3, -0.25) is 19.3 Å². The van der Waals surface area contributed by atoms with Crippen LogP contribution in [0.3, 0.4) is 0 Å². The molecule has 0 radical (unpaired) electrons. The lowest BCUT2D eigenvalue weighted by atomic mass is 10.00. The monoisotopic (exact) mass is 655 g/mol. The number of rotatable bonds is 9. The first-order valence-electron chi connectivity index (χ1n) is 13.4. The highest BCUT2D eigenvalue weighted by atomic mass is 127. The Hall–Kier alpha value is -4.24. The highest BCUT2D eigenvalue weighted by molar-refractivity contribution is 14.1. The predicted molar refractivity (Wildman–Crippen MR) is 170 cm³/mol. The van der Waals surface area contributed by atoms with Gasteiger partial charge in [-0.2, -0.15) is 0 Å². The molecule has 2 N–H and O–H groups in total. The third kappa shape index (κ3) is 6.92. The first-order valence-corrected chi connectivity index (χ1v) is 14.5. The number of carbonyl (C=O) groups excluding carboxylic acids is 3. The number of aromatic amines is 1. The van der Waals surface area contributed by atoms with Crippen molar-refractivity contribution in [1.82, 2.24) is 9.88 Å². The van der Waals surface area contributed by atoms with Crippen LogP contribution < -0.4 is 5.32 Å². The highest BCUT2D eigenvalue weighted by Crippen LogP contribution is 2.24. The van der Waals surface area contributed by atoms with Crippen LogP contribution in [0.2, 0.25) is 0 Å². The molecule has 7 heteroatoms. The van der Waals surface area contributed by atoms with Crippen LogP contribution >= 0.6 is 22.6 Å². The van der Waals surface area contributed by atoms with E-state index in [9.17, 15) is 14.4 Å². The van der Waals surface area contributed by atoms with E-state index in [1.807, 2.05) is 116 Å². The smallest absolute Gasteiger partial charge is 0.248 e. The summed E-state index contributed by atoms with van der Waals surface area (Å²) in [7, 11) is 0. The molecule has 41 heavy (non-hydrogen) atoms. The molecule has 1 aromatic heterocycles. The average molecular weight is 656 g/mol. The summed E-state index contributed by atoms with van der Waals surface area (Å²) in [4.78, 5) is 46.5. The van der Waals surface area contributed by atoms with Gasteiger partial charge >= 0.3 is 0 Å². The van der Waals surface area contributed by atoms with E-state index in [0.717, 1.165) is 36.7 Å². The first-order chi connectivity index (χ1) is 19.9. The van der Waals surface area contributed by atoms with Crippen LogP contribution in [0.15, 0.2) is 109 Å². The van der Waals surface area contributed by atoms with E-state index in [4.69, 9.17) is 0 Å². The standard InChI is InChI=1S/C34H30IN3O3/c1-23-18-27(35)16-17-29(23)37-34(41)31(21-26-22-36-30-15-9-8-14-28(26)30)38(32(39)19-24-10-4-2-5-11-24)33(40)20-25-12-6-3-7-13-25/h2-18,22,31,36H,19-21H2,1H3,(H,37,41). The molecule has 0 bridgehead atoms. The van der Waals surface area contributed by atoms with Crippen molar-refractivity contribution in [1.29, 1.82) is 0 Å². The van der Waals surface area contributed by atoms with Crippen LogP contribution in [0.5, 0.6) is 0 Å². The summed E-state index contributed by atoms with van der Waals surface area (Å²) < 4.78 is 1.05. The Morgan fingerprint density at radius 2 is 1.39 bits per heavy atom. The summed E-state index contributed by atoms with van der Waals surface area (Å²) in [5.41, 5.74) is 4.86. The number of fused-ring (bicyclic) bond motifs is 1. The van der Waals surface area contributed by atoms with E-state index >= 15 is 0 Å². The number of amides is 3. The predicted octanol–water partition coefficient (Wildman–Crippen LogP) is 6.47. The van der Waals surface area contributed by atoms with E-state index in [0.29, 0.717) is 5.69 Å². The molecule has 0 aliphatic carbocycles. The Balaban J connectivity index is 1.55. The number of nitrogens with zero attached hydrogens (tertiary/aromatic N) is 1. The largest absolute Gasteiger partial charge is 0.361 e. The number of hydrogen-bond acceptors (Lipinski definition) is 3. The number of aromatic nitrogens is 1. The summed E-state index contributed by atoms with van der Waals surface area (Å²) in [6, 6.07) is 31.0. The van der Waals surface area contributed by atoms with Crippen LogP contribution in [-0.2, 0) is 33.6 Å². The Morgan fingerprint density at radius 3 is 2.00 bits per heavy atom. The molecule has 0 fully saturated rings. The van der Waals surface area contributed by atoms with Gasteiger partial charge in [-0.1, -0.05) is 78.9 Å². The van der Waals surface area contributed by atoms with E-state index in [1.165, 1.54) is 4.90 Å². The Labute approximate surface area is 252 Å². The minimum absolute atomic E-state index is 0.00158. The summed E-state index contributed by atoms with van der Waals surface area (Å²) in [5, 5.41) is 3.96. The number of nitrogens with one attached hydrogen (secondary N) is 2. The van der Waals surface area contributed by atoms with Crippen molar-refractivity contribution in [2.45, 2.75) is 32.2 Å². The molecule has 5 rings (SSSR count). The maximum Gasteiger partial charge on any atom is 0.248 e. The molecular formula is C34H30IN3O3. The van der Waals surface area contributed by atoms with Crippen molar-refractivity contribution in [3.8, 4) is 0 Å². The fourth-order valence-electron chi connectivity index (χ4n) is 4.99. The first kappa shape index (κ1) is 28.3. The molecule has 0 aliphatic heterocycles. The molecule has 1 atom stereocenters. The molecule has 1 heterocycles. The van der Waals surface area contributed by atoms with Gasteiger partial charge in [-0.05, 0) is 76.0 Å². The minimum atomic E-state index is -1.07. The number of benzene rings is 4. The minimum Gasteiger partial charge on any atom is -0.361 e. The molecule has 0 saturated heterocycles. The molecule has 5 aromatic rings. The van der Waals surface area contributed by atoms with Gasteiger partial charge in [-0.25, -0.2) is 0 Å². The molecule has 4 aromatic carbocycles. The van der Waals surface area contributed by atoms with Gasteiger partial charge in [0.2, 0.25) is 17.7 Å². The van der Waals surface area contributed by atoms with Crippen molar-refractivity contribution in [2.75, 3.05) is 5.32 Å². The van der Waals surface area contributed by atoms with Gasteiger partial charge in [0.1, 0.15) is 6.04 Å². The zero-order chi connectivity index (χ0) is 28.8. The Morgan fingerprint density at radius 1 is 0.805 bits per heavy atom. The number of H-pyrrole nitrogens is 1. The summed E-state index contributed by atoms with van der Waals surface area (Å²) in [6.07, 6.45) is 2.02. The number of aryl methyl sites for hydroxylation is 1. The summed E-state index contributed by atoms with van der Waals surface area (Å²) in [6.45, 7) is 1.92. The average Bonchev–Trinajstić information content (AvgIpc) is 3.38. The van der Waals surface area contributed by atoms with Crippen molar-refractivity contribution in [3.63, 3.8) is 0 Å². The van der Waals surface area contributed by atoms with Gasteiger partial charge in [0.15, 0.2) is 0 Å². The number of hydrogen-bond donors (Lipinski definition) is 2. The quantitative estimate of drug-likeness (QED) is 0.179. The normalized spacial score (nSPS) is 11.7. The van der Waals surface area contributed by atoms with Crippen LogP contribution in [0.1, 0.15) is 22.3 Å². The van der Waals surface area contributed by atoms with Crippen molar-refractivity contribution < 1.29 is 14.4 Å². The number of para-hydroxylation sites is 1. The second-order valence-corrected chi connectivity index (χ2v) is 11.3. The SMILES string of the molecule is Cc1cc(I)ccc1NC(=O)C(Cc1c[nH]c2ccccc12)N(C(=O)Cc1ccccc1)C(=O)Cc1ccccc1. The van der Waals surface area contributed by atoms with E-state index in [1.54, 1.807) is 0 Å². The van der Waals surface area contributed by atoms with Gasteiger partial charge in [0.25, 0.3) is 0 Å². The zero-order valence-corrected chi connectivity index (χ0v) is 24.8. The number of halogens is 1. The number of anilines is 1. The zero-order valence-electron chi connectivity index (χ0n) is 22.6. The van der Waals surface area contributed by atoms with E-state index in [2.05, 4.69) is 32.9 Å². The highest BCUT2D eigenvalue weighted by Gasteiger charge is 2.35. The van der Waals surface area contributed by atoms with Crippen LogP contribution in [0, 0.1) is 10.5 Å². The van der Waals surface area contributed by atoms with Crippen molar-refractivity contribution in [3.05, 3.63) is 135 Å². The number of imide groups is 1. The van der Waals surface area contributed by atoms with E-state index < -0.39 is 23.8 Å². The lowest BCUT2D eigenvalue weighted by Crippen LogP contribution is -2.52. The van der Waals surface area contributed by atoms with Crippen molar-refractivity contribution in [2.24, 2.45) is 0 Å². The fourth-order valence-corrected chi connectivity index (χ4v) is 5.64. The van der Waals surface area contributed by atoms with Crippen LogP contribution in [-0.4, -0.2) is 33.6 Å². The summed E-state index contributed by atoms with van der Waals surface area (Å²) >= 11 is 2.23. The molecule has 3 amide bonds. The van der Waals surface area contributed by atoms with Crippen LogP contribution in [0.25, 0.3) is 10.9 Å². The third-order valence-electron chi connectivity index (χ3n) is 7.08. The molecule has 6 nitrogen and oxygen atoms in total. The molecular weight excluding hydrogens is 625 g/mol. The second kappa shape index (κ2) is 13.0. The topological polar surface area (TPSA) is 82.3 Å². The molecule has 0 aliphatic rings.